The van der Waals surface area contributed by atoms with Gasteiger partial charge in [-0.2, -0.15) is 0 Å². The van der Waals surface area contributed by atoms with E-state index < -0.39 is 0 Å². The van der Waals surface area contributed by atoms with Gasteiger partial charge in [0.2, 0.25) is 11.8 Å². The van der Waals surface area contributed by atoms with Crippen LogP contribution >= 0.6 is 0 Å². The summed E-state index contributed by atoms with van der Waals surface area (Å²) in [5.41, 5.74) is 6.66. The number of nitrogens with zero attached hydrogens (tertiary/aromatic N) is 1. The summed E-state index contributed by atoms with van der Waals surface area (Å²) in [6, 6.07) is 9.49. The van der Waals surface area contributed by atoms with Crippen LogP contribution in [0.1, 0.15) is 33.1 Å². The lowest BCUT2D eigenvalue weighted by Crippen LogP contribution is -2.33. The maximum Gasteiger partial charge on any atom is 0.238 e. The molecule has 0 aromatic heterocycles. The van der Waals surface area contributed by atoms with Gasteiger partial charge in [0.1, 0.15) is 0 Å². The van der Waals surface area contributed by atoms with Crippen LogP contribution in [0.2, 0.25) is 0 Å². The summed E-state index contributed by atoms with van der Waals surface area (Å²) < 4.78 is 0. The van der Waals surface area contributed by atoms with Crippen LogP contribution in [0.15, 0.2) is 52.6 Å². The van der Waals surface area contributed by atoms with Crippen LogP contribution in [0.3, 0.4) is 0 Å². The molecule has 1 aromatic rings. The number of benzene rings is 1. The zero-order valence-corrected chi connectivity index (χ0v) is 15.2. The number of imide groups is 1. The number of anilines is 1. The second-order valence-electron chi connectivity index (χ2n) is 8.93. The highest BCUT2D eigenvalue weighted by Crippen LogP contribution is 2.70. The number of amides is 2. The first-order valence-corrected chi connectivity index (χ1v) is 9.93. The van der Waals surface area contributed by atoms with Crippen molar-refractivity contribution in [2.75, 3.05) is 4.90 Å². The lowest BCUT2D eigenvalue weighted by atomic mass is 9.72. The first-order chi connectivity index (χ1) is 12.6. The minimum absolute atomic E-state index is 0.0340. The Hall–Kier alpha value is -2.16. The molecule has 3 nitrogen and oxygen atoms in total. The van der Waals surface area contributed by atoms with Crippen molar-refractivity contribution in [2.24, 2.45) is 35.5 Å². The highest BCUT2D eigenvalue weighted by atomic mass is 16.2. The maximum absolute atomic E-state index is 13.4. The summed E-state index contributed by atoms with van der Waals surface area (Å²) in [5, 5.41) is 0. The summed E-state index contributed by atoms with van der Waals surface area (Å²) in [7, 11) is 0. The first-order valence-electron chi connectivity index (χ1n) is 9.93. The Balaban J connectivity index is 1.51. The van der Waals surface area contributed by atoms with E-state index in [9.17, 15) is 9.59 Å². The van der Waals surface area contributed by atoms with Gasteiger partial charge in [0, 0.05) is 11.8 Å². The zero-order valence-electron chi connectivity index (χ0n) is 15.2. The van der Waals surface area contributed by atoms with Crippen molar-refractivity contribution in [1.82, 2.24) is 0 Å². The summed E-state index contributed by atoms with van der Waals surface area (Å²) in [5.74, 6) is 1.53. The molecule has 0 unspecified atom stereocenters. The van der Waals surface area contributed by atoms with Gasteiger partial charge in [-0.1, -0.05) is 40.5 Å². The molecule has 4 aliphatic carbocycles. The van der Waals surface area contributed by atoms with Crippen LogP contribution in [0, 0.1) is 35.5 Å². The Labute approximate surface area is 153 Å². The normalized spacial score (nSPS) is 39.3. The molecule has 1 saturated heterocycles. The van der Waals surface area contributed by atoms with Crippen LogP contribution in [-0.4, -0.2) is 11.8 Å². The zero-order chi connectivity index (χ0) is 17.7. The number of hydrogen-bond donors (Lipinski definition) is 0. The van der Waals surface area contributed by atoms with Crippen LogP contribution in [-0.2, 0) is 9.59 Å². The lowest BCUT2D eigenvalue weighted by Gasteiger charge is -2.28. The van der Waals surface area contributed by atoms with Gasteiger partial charge in [-0.15, -0.1) is 0 Å². The van der Waals surface area contributed by atoms with Gasteiger partial charge >= 0.3 is 0 Å². The maximum atomic E-state index is 13.4. The standard InChI is InChI=1S/C23H23NO2/c1-11(2)15-18-16-12-8-9-13(10-12)17(16)19(15)21-20(18)22(25)24(23(21)26)14-6-4-3-5-7-14/h3-7,12-13,18-21H,8-10H2,1-2H3/t12-,13-,18-,19-,20+,21+/m0/s1. The molecule has 132 valence electrons. The van der Waals surface area contributed by atoms with Crippen molar-refractivity contribution in [3.63, 3.8) is 0 Å². The van der Waals surface area contributed by atoms with Crippen molar-refractivity contribution >= 4 is 17.5 Å². The third-order valence-electron chi connectivity index (χ3n) is 7.69. The van der Waals surface area contributed by atoms with E-state index >= 15 is 0 Å². The largest absolute Gasteiger partial charge is 0.274 e. The SMILES string of the molecule is CC(C)=C1[C@H]2C3=C([C@H]4CC[C@H]3C4)[C@H]1[C@H]1C(=O)N(c3ccccc3)C(=O)[C@H]21. The molecular formula is C23H23NO2. The van der Waals surface area contributed by atoms with E-state index in [-0.39, 0.29) is 35.5 Å². The minimum atomic E-state index is -0.157. The summed E-state index contributed by atoms with van der Waals surface area (Å²) in [6.07, 6.45) is 3.84. The van der Waals surface area contributed by atoms with Gasteiger partial charge in [0.15, 0.2) is 0 Å². The van der Waals surface area contributed by atoms with Crippen LogP contribution in [0.4, 0.5) is 5.69 Å². The smallest absolute Gasteiger partial charge is 0.238 e. The van der Waals surface area contributed by atoms with E-state index in [0.717, 1.165) is 5.69 Å². The average molecular weight is 345 g/mol. The second-order valence-corrected chi connectivity index (χ2v) is 8.93. The Morgan fingerprint density at radius 3 is 1.92 bits per heavy atom. The first kappa shape index (κ1) is 15.0. The molecule has 6 rings (SSSR count). The molecular weight excluding hydrogens is 322 g/mol. The van der Waals surface area contributed by atoms with Crippen molar-refractivity contribution in [3.05, 3.63) is 52.6 Å². The summed E-state index contributed by atoms with van der Waals surface area (Å²) >= 11 is 0. The molecule has 0 spiro atoms. The minimum Gasteiger partial charge on any atom is -0.274 e. The van der Waals surface area contributed by atoms with Gasteiger partial charge in [-0.3, -0.25) is 9.59 Å². The molecule has 2 amide bonds. The molecule has 26 heavy (non-hydrogen) atoms. The highest BCUT2D eigenvalue weighted by molar-refractivity contribution is 6.23. The number of carbonyl (C=O) groups is 2. The molecule has 2 saturated carbocycles. The summed E-state index contributed by atoms with van der Waals surface area (Å²) in [6.45, 7) is 4.34. The van der Waals surface area contributed by atoms with Crippen molar-refractivity contribution in [2.45, 2.75) is 33.1 Å². The van der Waals surface area contributed by atoms with E-state index in [2.05, 4.69) is 13.8 Å². The topological polar surface area (TPSA) is 37.4 Å². The van der Waals surface area contributed by atoms with E-state index in [4.69, 9.17) is 0 Å². The van der Waals surface area contributed by atoms with Crippen LogP contribution < -0.4 is 4.90 Å². The van der Waals surface area contributed by atoms with Gasteiger partial charge in [0.25, 0.3) is 0 Å². The number of hydrogen-bond acceptors (Lipinski definition) is 2. The third-order valence-corrected chi connectivity index (χ3v) is 7.69. The van der Waals surface area contributed by atoms with Crippen LogP contribution in [0.5, 0.6) is 0 Å². The lowest BCUT2D eigenvalue weighted by molar-refractivity contribution is -0.123. The third kappa shape index (κ3) is 1.53. The fourth-order valence-corrected chi connectivity index (χ4v) is 7.05. The van der Waals surface area contributed by atoms with Gasteiger partial charge in [0.05, 0.1) is 17.5 Å². The summed E-state index contributed by atoms with van der Waals surface area (Å²) in [4.78, 5) is 28.3. The molecule has 1 heterocycles. The number of rotatable bonds is 1. The van der Waals surface area contributed by atoms with E-state index in [1.165, 1.54) is 35.3 Å². The second kappa shape index (κ2) is 4.76. The average Bonchev–Trinajstić information content (AvgIpc) is 3.40. The Bertz CT molecular complexity index is 873. The Kier molecular flexibility index (Phi) is 2.74. The predicted octanol–water partition coefficient (Wildman–Crippen LogP) is 4.11. The monoisotopic (exact) mass is 345 g/mol. The Morgan fingerprint density at radius 2 is 1.42 bits per heavy atom. The fraction of sp³-hybridized carbons (Fsp3) is 0.478. The van der Waals surface area contributed by atoms with E-state index in [1.54, 1.807) is 11.1 Å². The molecule has 0 radical (unpaired) electrons. The number of carbonyl (C=O) groups excluding carboxylic acids is 2. The molecule has 4 bridgehead atoms. The molecule has 3 fully saturated rings. The number of allylic oxidation sites excluding steroid dienone is 4. The van der Waals surface area contributed by atoms with Crippen LogP contribution in [0.25, 0.3) is 0 Å². The molecule has 1 aromatic carbocycles. The highest BCUT2D eigenvalue weighted by Gasteiger charge is 2.69. The van der Waals surface area contributed by atoms with Gasteiger partial charge in [-0.25, -0.2) is 4.90 Å². The number of para-hydroxylation sites is 1. The number of fused-ring (bicyclic) bond motifs is 11. The van der Waals surface area contributed by atoms with Gasteiger partial charge in [-0.05, 0) is 57.1 Å². The van der Waals surface area contributed by atoms with Crippen molar-refractivity contribution < 1.29 is 9.59 Å². The quantitative estimate of drug-likeness (QED) is 0.436. The van der Waals surface area contributed by atoms with Crippen molar-refractivity contribution in [3.8, 4) is 0 Å². The molecule has 6 atom stereocenters. The van der Waals surface area contributed by atoms with E-state index in [1.807, 2.05) is 30.3 Å². The molecule has 1 aliphatic heterocycles. The molecule has 0 N–H and O–H groups in total. The fourth-order valence-electron chi connectivity index (χ4n) is 7.05. The molecule has 3 heteroatoms. The van der Waals surface area contributed by atoms with Crippen molar-refractivity contribution in [1.29, 1.82) is 0 Å². The van der Waals surface area contributed by atoms with Gasteiger partial charge < -0.3 is 0 Å². The predicted molar refractivity (Wildman–Crippen MR) is 99.1 cm³/mol. The Morgan fingerprint density at radius 1 is 0.885 bits per heavy atom. The van der Waals surface area contributed by atoms with E-state index in [0.29, 0.717) is 11.8 Å². The molecule has 5 aliphatic rings.